The highest BCUT2D eigenvalue weighted by molar-refractivity contribution is 5.70. The van der Waals surface area contributed by atoms with E-state index in [1.54, 1.807) is 0 Å². The Morgan fingerprint density at radius 1 is 0.895 bits per heavy atom. The predicted octanol–water partition coefficient (Wildman–Crippen LogP) is 5.34. The summed E-state index contributed by atoms with van der Waals surface area (Å²) in [7, 11) is 0. The van der Waals surface area contributed by atoms with Crippen molar-refractivity contribution in [3.05, 3.63) is 76.9 Å². The molecule has 0 spiro atoms. The van der Waals surface area contributed by atoms with E-state index in [0.717, 1.165) is 12.8 Å². The monoisotopic (exact) mass is 250 g/mol. The molecule has 0 amide bonds. The summed E-state index contributed by atoms with van der Waals surface area (Å²) >= 11 is 0. The van der Waals surface area contributed by atoms with E-state index in [1.807, 2.05) is 0 Å². The summed E-state index contributed by atoms with van der Waals surface area (Å²) in [6.07, 6.45) is 4.45. The third-order valence-corrected chi connectivity index (χ3v) is 3.58. The number of hydrogen-bond acceptors (Lipinski definition) is 0. The molecule has 0 radical (unpaired) electrons. The summed E-state index contributed by atoms with van der Waals surface area (Å²) in [6, 6.07) is 17.3. The molecule has 0 aliphatic heterocycles. The van der Waals surface area contributed by atoms with Gasteiger partial charge in [-0.1, -0.05) is 61.5 Å². The van der Waals surface area contributed by atoms with Crippen molar-refractivity contribution in [2.45, 2.75) is 33.6 Å². The maximum Gasteiger partial charge on any atom is -0.00203 e. The maximum absolute atomic E-state index is 2.36. The normalized spacial score (nSPS) is 11.6. The molecule has 0 bridgehead atoms. The number of hydrogen-bond donors (Lipinski definition) is 0. The predicted molar refractivity (Wildman–Crippen MR) is 84.3 cm³/mol. The Hall–Kier alpha value is -1.82. The Morgan fingerprint density at radius 2 is 1.53 bits per heavy atom. The first-order valence-electron chi connectivity index (χ1n) is 7.02. The zero-order chi connectivity index (χ0) is 13.7. The molecule has 0 fully saturated rings. The first-order chi connectivity index (χ1) is 9.22. The van der Waals surface area contributed by atoms with Crippen molar-refractivity contribution in [3.8, 4) is 0 Å². The van der Waals surface area contributed by atoms with Crippen molar-refractivity contribution in [2.75, 3.05) is 0 Å². The van der Waals surface area contributed by atoms with Crippen LogP contribution in [0, 0.1) is 13.8 Å². The lowest BCUT2D eigenvalue weighted by Gasteiger charge is -2.13. The Bertz CT molecular complexity index is 576. The summed E-state index contributed by atoms with van der Waals surface area (Å²) in [4.78, 5) is 0. The minimum Gasteiger partial charge on any atom is -0.0806 e. The van der Waals surface area contributed by atoms with Crippen molar-refractivity contribution < 1.29 is 0 Å². The van der Waals surface area contributed by atoms with E-state index in [9.17, 15) is 0 Å². The fraction of sp³-hybridized carbons (Fsp3) is 0.263. The zero-order valence-electron chi connectivity index (χ0n) is 12.1. The molecule has 0 saturated heterocycles. The minimum absolute atomic E-state index is 1.02. The SMILES string of the molecule is CCC=C(Cc1ccccc1C)c1ccccc1C. The van der Waals surface area contributed by atoms with Crippen LogP contribution in [0.15, 0.2) is 54.6 Å². The fourth-order valence-electron chi connectivity index (χ4n) is 2.47. The van der Waals surface area contributed by atoms with Gasteiger partial charge in [-0.15, -0.1) is 0 Å². The molecule has 19 heavy (non-hydrogen) atoms. The molecule has 0 aliphatic rings. The molecular formula is C19H22. The van der Waals surface area contributed by atoms with Gasteiger partial charge in [0.2, 0.25) is 0 Å². The first kappa shape index (κ1) is 13.6. The van der Waals surface area contributed by atoms with Gasteiger partial charge in [-0.05, 0) is 54.5 Å². The van der Waals surface area contributed by atoms with E-state index in [-0.39, 0.29) is 0 Å². The molecule has 0 unspecified atom stereocenters. The van der Waals surface area contributed by atoms with E-state index >= 15 is 0 Å². The summed E-state index contributed by atoms with van der Waals surface area (Å²) in [6.45, 7) is 6.59. The van der Waals surface area contributed by atoms with Crippen LogP contribution in [-0.4, -0.2) is 0 Å². The topological polar surface area (TPSA) is 0 Å². The second-order valence-corrected chi connectivity index (χ2v) is 5.06. The Balaban J connectivity index is 2.36. The molecule has 0 saturated carbocycles. The molecule has 2 aromatic rings. The molecule has 0 aromatic heterocycles. The Morgan fingerprint density at radius 3 is 2.16 bits per heavy atom. The highest BCUT2D eigenvalue weighted by Gasteiger charge is 2.06. The average Bonchev–Trinajstić information content (AvgIpc) is 2.41. The average molecular weight is 250 g/mol. The lowest BCUT2D eigenvalue weighted by atomic mass is 9.92. The minimum atomic E-state index is 1.02. The van der Waals surface area contributed by atoms with Gasteiger partial charge >= 0.3 is 0 Å². The summed E-state index contributed by atoms with van der Waals surface area (Å²) < 4.78 is 0. The molecular weight excluding hydrogens is 228 g/mol. The van der Waals surface area contributed by atoms with Gasteiger partial charge in [0.15, 0.2) is 0 Å². The molecule has 0 N–H and O–H groups in total. The molecule has 2 aromatic carbocycles. The van der Waals surface area contributed by atoms with Crippen molar-refractivity contribution in [2.24, 2.45) is 0 Å². The second kappa shape index (κ2) is 6.38. The summed E-state index contributed by atoms with van der Waals surface area (Å²) in [5.41, 5.74) is 6.97. The quantitative estimate of drug-likeness (QED) is 0.687. The number of aryl methyl sites for hydroxylation is 2. The third kappa shape index (κ3) is 3.35. The molecule has 2 rings (SSSR count). The third-order valence-electron chi connectivity index (χ3n) is 3.58. The lowest BCUT2D eigenvalue weighted by Crippen LogP contribution is -1.96. The van der Waals surface area contributed by atoms with E-state index < -0.39 is 0 Å². The van der Waals surface area contributed by atoms with Crippen LogP contribution in [0.1, 0.15) is 35.6 Å². The number of allylic oxidation sites excluding steroid dienone is 2. The fourth-order valence-corrected chi connectivity index (χ4v) is 2.47. The zero-order valence-corrected chi connectivity index (χ0v) is 12.1. The Labute approximate surface area is 116 Å². The van der Waals surface area contributed by atoms with Gasteiger partial charge in [0.1, 0.15) is 0 Å². The van der Waals surface area contributed by atoms with E-state index in [4.69, 9.17) is 0 Å². The van der Waals surface area contributed by atoms with Crippen LogP contribution < -0.4 is 0 Å². The van der Waals surface area contributed by atoms with Crippen LogP contribution in [0.4, 0.5) is 0 Å². The van der Waals surface area contributed by atoms with Gasteiger partial charge in [0.05, 0.1) is 0 Å². The largest absolute Gasteiger partial charge is 0.0806 e. The van der Waals surface area contributed by atoms with Crippen molar-refractivity contribution in [1.29, 1.82) is 0 Å². The second-order valence-electron chi connectivity index (χ2n) is 5.06. The molecule has 0 nitrogen and oxygen atoms in total. The van der Waals surface area contributed by atoms with Gasteiger partial charge in [0.25, 0.3) is 0 Å². The van der Waals surface area contributed by atoms with Gasteiger partial charge in [0, 0.05) is 0 Å². The van der Waals surface area contributed by atoms with Gasteiger partial charge < -0.3 is 0 Å². The molecule has 0 atom stereocenters. The molecule has 0 aliphatic carbocycles. The van der Waals surface area contributed by atoms with Crippen molar-refractivity contribution >= 4 is 5.57 Å². The highest BCUT2D eigenvalue weighted by atomic mass is 14.1. The molecule has 0 heteroatoms. The van der Waals surface area contributed by atoms with Gasteiger partial charge in [-0.2, -0.15) is 0 Å². The summed E-state index contributed by atoms with van der Waals surface area (Å²) in [5.74, 6) is 0. The Kier molecular flexibility index (Phi) is 4.57. The van der Waals surface area contributed by atoms with E-state index in [1.165, 1.54) is 27.8 Å². The molecule has 98 valence electrons. The van der Waals surface area contributed by atoms with Crippen molar-refractivity contribution in [1.82, 2.24) is 0 Å². The number of rotatable bonds is 4. The summed E-state index contributed by atoms with van der Waals surface area (Å²) in [5, 5.41) is 0. The van der Waals surface area contributed by atoms with E-state index in [2.05, 4.69) is 75.4 Å². The van der Waals surface area contributed by atoms with E-state index in [0.29, 0.717) is 0 Å². The van der Waals surface area contributed by atoms with Gasteiger partial charge in [-0.3, -0.25) is 0 Å². The smallest absolute Gasteiger partial charge is 0.00203 e. The van der Waals surface area contributed by atoms with Gasteiger partial charge in [-0.25, -0.2) is 0 Å². The van der Waals surface area contributed by atoms with Crippen LogP contribution in [0.5, 0.6) is 0 Å². The highest BCUT2D eigenvalue weighted by Crippen LogP contribution is 2.24. The van der Waals surface area contributed by atoms with Crippen LogP contribution >= 0.6 is 0 Å². The number of benzene rings is 2. The lowest BCUT2D eigenvalue weighted by molar-refractivity contribution is 1.17. The van der Waals surface area contributed by atoms with Crippen LogP contribution in [0.2, 0.25) is 0 Å². The standard InChI is InChI=1S/C19H22/c1-4-9-18(19-13-8-6-11-16(19)3)14-17-12-7-5-10-15(17)2/h5-13H,4,14H2,1-3H3. The maximum atomic E-state index is 2.36. The first-order valence-corrected chi connectivity index (χ1v) is 7.02. The molecule has 0 heterocycles. The van der Waals surface area contributed by atoms with Crippen LogP contribution in [0.25, 0.3) is 5.57 Å². The van der Waals surface area contributed by atoms with Crippen molar-refractivity contribution in [3.63, 3.8) is 0 Å². The van der Waals surface area contributed by atoms with Crippen LogP contribution in [0.3, 0.4) is 0 Å². The van der Waals surface area contributed by atoms with Crippen LogP contribution in [-0.2, 0) is 6.42 Å².